The highest BCUT2D eigenvalue weighted by molar-refractivity contribution is 7.92. The van der Waals surface area contributed by atoms with Gasteiger partial charge in [0.1, 0.15) is 6.54 Å². The third kappa shape index (κ3) is 5.22. The van der Waals surface area contributed by atoms with Gasteiger partial charge in [-0.05, 0) is 66.8 Å². The minimum absolute atomic E-state index is 0.132. The SMILES string of the molecule is CCc1ccccc1N(CC(=O)N[C@@H](CC)c1ccc2c(c1)CCCC2)S(C)(=O)=O. The summed E-state index contributed by atoms with van der Waals surface area (Å²) in [6.45, 7) is 3.78. The van der Waals surface area contributed by atoms with E-state index in [0.717, 1.165) is 36.6 Å². The second-order valence-electron chi connectivity index (χ2n) is 8.02. The van der Waals surface area contributed by atoms with Crippen molar-refractivity contribution >= 4 is 21.6 Å². The van der Waals surface area contributed by atoms with Gasteiger partial charge in [0, 0.05) is 0 Å². The lowest BCUT2D eigenvalue weighted by Crippen LogP contribution is -2.42. The lowest BCUT2D eigenvalue weighted by molar-refractivity contribution is -0.120. The van der Waals surface area contributed by atoms with Gasteiger partial charge >= 0.3 is 0 Å². The average molecular weight is 429 g/mol. The number of fused-ring (bicyclic) bond motifs is 1. The maximum absolute atomic E-state index is 12.9. The van der Waals surface area contributed by atoms with Gasteiger partial charge in [-0.15, -0.1) is 0 Å². The van der Waals surface area contributed by atoms with Crippen molar-refractivity contribution in [3.8, 4) is 0 Å². The number of hydrogen-bond donors (Lipinski definition) is 1. The molecular formula is C24H32N2O3S. The molecule has 0 unspecified atom stereocenters. The van der Waals surface area contributed by atoms with E-state index in [0.29, 0.717) is 12.1 Å². The molecule has 30 heavy (non-hydrogen) atoms. The van der Waals surface area contributed by atoms with Crippen molar-refractivity contribution in [2.45, 2.75) is 58.4 Å². The van der Waals surface area contributed by atoms with E-state index >= 15 is 0 Å². The maximum Gasteiger partial charge on any atom is 0.241 e. The summed E-state index contributed by atoms with van der Waals surface area (Å²) in [4.78, 5) is 12.9. The fourth-order valence-electron chi connectivity index (χ4n) is 4.20. The number of carbonyl (C=O) groups excluding carboxylic acids is 1. The van der Waals surface area contributed by atoms with Crippen LogP contribution in [0.3, 0.4) is 0 Å². The zero-order chi connectivity index (χ0) is 21.7. The first-order valence-electron chi connectivity index (χ1n) is 10.8. The molecule has 1 aliphatic carbocycles. The minimum Gasteiger partial charge on any atom is -0.348 e. The highest BCUT2D eigenvalue weighted by atomic mass is 32.2. The van der Waals surface area contributed by atoms with E-state index < -0.39 is 10.0 Å². The molecule has 2 aromatic rings. The Hall–Kier alpha value is -2.34. The third-order valence-electron chi connectivity index (χ3n) is 5.85. The molecule has 6 heteroatoms. The zero-order valence-electron chi connectivity index (χ0n) is 18.1. The maximum atomic E-state index is 12.9. The Kier molecular flexibility index (Phi) is 7.19. The summed E-state index contributed by atoms with van der Waals surface area (Å²) >= 11 is 0. The number of sulfonamides is 1. The van der Waals surface area contributed by atoms with Gasteiger partial charge in [0.25, 0.3) is 0 Å². The molecule has 0 bridgehead atoms. The molecule has 0 saturated heterocycles. The molecule has 0 aromatic heterocycles. The number of para-hydroxylation sites is 1. The Morgan fingerprint density at radius 2 is 1.77 bits per heavy atom. The van der Waals surface area contributed by atoms with Crippen molar-refractivity contribution in [1.82, 2.24) is 5.32 Å². The van der Waals surface area contributed by atoms with Crippen LogP contribution in [0.4, 0.5) is 5.69 Å². The molecule has 0 radical (unpaired) electrons. The molecule has 0 fully saturated rings. The average Bonchev–Trinajstić information content (AvgIpc) is 2.74. The number of carbonyl (C=O) groups is 1. The number of amides is 1. The van der Waals surface area contributed by atoms with E-state index in [1.54, 1.807) is 12.1 Å². The van der Waals surface area contributed by atoms with Crippen LogP contribution in [-0.4, -0.2) is 27.1 Å². The van der Waals surface area contributed by atoms with E-state index in [2.05, 4.69) is 23.5 Å². The van der Waals surface area contributed by atoms with Crippen molar-refractivity contribution in [3.63, 3.8) is 0 Å². The zero-order valence-corrected chi connectivity index (χ0v) is 19.0. The number of rotatable bonds is 8. The fraction of sp³-hybridized carbons (Fsp3) is 0.458. The molecular weight excluding hydrogens is 396 g/mol. The van der Waals surface area contributed by atoms with E-state index in [4.69, 9.17) is 0 Å². The van der Waals surface area contributed by atoms with Crippen molar-refractivity contribution in [2.24, 2.45) is 0 Å². The lowest BCUT2D eigenvalue weighted by Gasteiger charge is -2.26. The van der Waals surface area contributed by atoms with Gasteiger partial charge in [-0.2, -0.15) is 0 Å². The Balaban J connectivity index is 1.79. The van der Waals surface area contributed by atoms with E-state index in [1.807, 2.05) is 26.0 Å². The Labute approximate surface area is 180 Å². The summed E-state index contributed by atoms with van der Waals surface area (Å²) < 4.78 is 26.1. The van der Waals surface area contributed by atoms with Gasteiger partial charge in [0.2, 0.25) is 15.9 Å². The second-order valence-corrected chi connectivity index (χ2v) is 9.92. The molecule has 1 atom stereocenters. The number of aryl methyl sites for hydroxylation is 3. The van der Waals surface area contributed by atoms with Crippen LogP contribution in [0.2, 0.25) is 0 Å². The predicted molar refractivity (Wildman–Crippen MR) is 122 cm³/mol. The number of anilines is 1. The summed E-state index contributed by atoms with van der Waals surface area (Å²) in [6, 6.07) is 13.7. The van der Waals surface area contributed by atoms with Crippen LogP contribution >= 0.6 is 0 Å². The van der Waals surface area contributed by atoms with Gasteiger partial charge in [-0.25, -0.2) is 8.42 Å². The van der Waals surface area contributed by atoms with Crippen LogP contribution in [0.15, 0.2) is 42.5 Å². The third-order valence-corrected chi connectivity index (χ3v) is 6.97. The monoisotopic (exact) mass is 428 g/mol. The number of benzene rings is 2. The molecule has 1 aliphatic rings. The van der Waals surface area contributed by atoms with Crippen molar-refractivity contribution in [1.29, 1.82) is 0 Å². The van der Waals surface area contributed by atoms with Gasteiger partial charge in [0.15, 0.2) is 0 Å². The first kappa shape index (κ1) is 22.3. The van der Waals surface area contributed by atoms with E-state index in [9.17, 15) is 13.2 Å². The van der Waals surface area contributed by atoms with E-state index in [-0.39, 0.29) is 18.5 Å². The van der Waals surface area contributed by atoms with E-state index in [1.165, 1.54) is 28.3 Å². The quantitative estimate of drug-likeness (QED) is 0.686. The van der Waals surface area contributed by atoms with Gasteiger partial charge in [0.05, 0.1) is 18.0 Å². The summed E-state index contributed by atoms with van der Waals surface area (Å²) in [5, 5.41) is 3.05. The highest BCUT2D eigenvalue weighted by Gasteiger charge is 2.24. The number of nitrogens with one attached hydrogen (secondary N) is 1. The first-order valence-corrected chi connectivity index (χ1v) is 12.6. The van der Waals surface area contributed by atoms with Gasteiger partial charge in [-0.1, -0.05) is 50.2 Å². The molecule has 0 saturated carbocycles. The molecule has 0 heterocycles. The smallest absolute Gasteiger partial charge is 0.241 e. The molecule has 5 nitrogen and oxygen atoms in total. The van der Waals surface area contributed by atoms with Crippen LogP contribution in [0, 0.1) is 0 Å². The molecule has 3 rings (SSSR count). The highest BCUT2D eigenvalue weighted by Crippen LogP contribution is 2.27. The molecule has 0 aliphatic heterocycles. The lowest BCUT2D eigenvalue weighted by atomic mass is 9.89. The normalized spacial score (nSPS) is 14.6. The first-order chi connectivity index (χ1) is 14.3. The van der Waals surface area contributed by atoms with Gasteiger partial charge < -0.3 is 5.32 Å². The molecule has 1 N–H and O–H groups in total. The van der Waals surface area contributed by atoms with Crippen molar-refractivity contribution in [2.75, 3.05) is 17.1 Å². The topological polar surface area (TPSA) is 66.5 Å². The molecule has 1 amide bonds. The van der Waals surface area contributed by atoms with Crippen LogP contribution < -0.4 is 9.62 Å². The van der Waals surface area contributed by atoms with Crippen LogP contribution in [0.1, 0.15) is 61.4 Å². The van der Waals surface area contributed by atoms with Crippen molar-refractivity contribution in [3.05, 3.63) is 64.7 Å². The Morgan fingerprint density at radius 3 is 2.43 bits per heavy atom. The summed E-state index contributed by atoms with van der Waals surface area (Å²) in [5.41, 5.74) is 5.34. The molecule has 2 aromatic carbocycles. The number of hydrogen-bond acceptors (Lipinski definition) is 3. The molecule has 0 spiro atoms. The number of nitrogens with zero attached hydrogens (tertiary/aromatic N) is 1. The van der Waals surface area contributed by atoms with Crippen LogP contribution in [-0.2, 0) is 34.1 Å². The standard InChI is InChI=1S/C24H32N2O3S/c1-4-18-10-8-9-13-23(18)26(30(3,28)29)17-24(27)25-22(5-2)21-15-14-19-11-6-7-12-20(19)16-21/h8-10,13-16,22H,4-7,11-12,17H2,1-3H3,(H,25,27)/t22-/m0/s1. The summed E-state index contributed by atoms with van der Waals surface area (Å²) in [7, 11) is -3.59. The second kappa shape index (κ2) is 9.65. The van der Waals surface area contributed by atoms with Crippen LogP contribution in [0.25, 0.3) is 0 Å². The van der Waals surface area contributed by atoms with Crippen molar-refractivity contribution < 1.29 is 13.2 Å². The Bertz CT molecular complexity index is 1000. The van der Waals surface area contributed by atoms with Gasteiger partial charge in [-0.3, -0.25) is 9.10 Å². The van der Waals surface area contributed by atoms with Crippen LogP contribution in [0.5, 0.6) is 0 Å². The fourth-order valence-corrected chi connectivity index (χ4v) is 5.08. The summed E-state index contributed by atoms with van der Waals surface area (Å²) in [5.74, 6) is -0.295. The predicted octanol–water partition coefficient (Wildman–Crippen LogP) is 4.16. The largest absolute Gasteiger partial charge is 0.348 e. The Morgan fingerprint density at radius 1 is 1.07 bits per heavy atom. The molecule has 162 valence electrons. The minimum atomic E-state index is -3.59. The summed E-state index contributed by atoms with van der Waals surface area (Å²) in [6.07, 6.45) is 7.24.